The zero-order valence-corrected chi connectivity index (χ0v) is 9.46. The smallest absolute Gasteiger partial charge is 0.258 e. The Morgan fingerprint density at radius 2 is 2.27 bits per heavy atom. The largest absolute Gasteiger partial charge is 0.465 e. The Kier molecular flexibility index (Phi) is 3.34. The van der Waals surface area contributed by atoms with E-state index in [-0.39, 0.29) is 18.1 Å². The van der Waals surface area contributed by atoms with Crippen LogP contribution in [0.25, 0.3) is 0 Å². The highest BCUT2D eigenvalue weighted by Gasteiger charge is 2.14. The van der Waals surface area contributed by atoms with Gasteiger partial charge in [-0.05, 0) is 32.9 Å². The summed E-state index contributed by atoms with van der Waals surface area (Å²) >= 11 is 0. The Bertz CT molecular complexity index is 339. The molecule has 1 heterocycles. The van der Waals surface area contributed by atoms with Crippen LogP contribution in [0.15, 0.2) is 10.6 Å². The average Bonchev–Trinajstić information content (AvgIpc) is 2.45. The third kappa shape index (κ3) is 4.49. The van der Waals surface area contributed by atoms with Crippen LogP contribution in [0, 0.1) is 6.92 Å². The normalized spacial score (nSPS) is 11.2. The van der Waals surface area contributed by atoms with E-state index >= 15 is 0 Å². The fourth-order valence-corrected chi connectivity index (χ4v) is 1.01. The molecule has 84 valence electrons. The van der Waals surface area contributed by atoms with Gasteiger partial charge >= 0.3 is 0 Å². The molecule has 0 fully saturated rings. The average molecular weight is 212 g/mol. The Morgan fingerprint density at radius 1 is 1.60 bits per heavy atom. The van der Waals surface area contributed by atoms with Crippen molar-refractivity contribution in [2.45, 2.75) is 33.2 Å². The van der Waals surface area contributed by atoms with E-state index in [0.717, 1.165) is 0 Å². The second-order valence-electron chi connectivity index (χ2n) is 4.36. The number of carbonyl (C=O) groups is 1. The van der Waals surface area contributed by atoms with Crippen molar-refractivity contribution >= 4 is 5.91 Å². The fraction of sp³-hybridized carbons (Fsp3) is 0.600. The lowest BCUT2D eigenvalue weighted by atomic mass is 10.1. The highest BCUT2D eigenvalue weighted by Crippen LogP contribution is 2.09. The second-order valence-corrected chi connectivity index (χ2v) is 4.36. The minimum absolute atomic E-state index is 0.0523. The molecule has 0 saturated heterocycles. The molecule has 5 heteroatoms. The van der Waals surface area contributed by atoms with E-state index in [9.17, 15) is 4.79 Å². The zero-order valence-electron chi connectivity index (χ0n) is 9.46. The Balaban J connectivity index is 2.35. The number of hydrogen-bond donors (Lipinski definition) is 1. The molecule has 0 saturated carbocycles. The molecule has 0 atom stereocenters. The first kappa shape index (κ1) is 11.6. The van der Waals surface area contributed by atoms with Crippen molar-refractivity contribution < 1.29 is 14.1 Å². The van der Waals surface area contributed by atoms with Gasteiger partial charge in [0.1, 0.15) is 5.76 Å². The minimum Gasteiger partial charge on any atom is -0.465 e. The first-order chi connectivity index (χ1) is 6.87. The molecule has 0 aliphatic carbocycles. The lowest BCUT2D eigenvalue weighted by molar-refractivity contribution is -0.124. The number of rotatable bonds is 3. The molecule has 0 aromatic carbocycles. The molecule has 5 nitrogen and oxygen atoms in total. The number of nitrogens with one attached hydrogen (secondary N) is 1. The van der Waals surface area contributed by atoms with Crippen LogP contribution in [-0.2, 0) is 4.79 Å². The highest BCUT2D eigenvalue weighted by molar-refractivity contribution is 5.78. The molecule has 0 bridgehead atoms. The van der Waals surface area contributed by atoms with Crippen LogP contribution in [0.4, 0.5) is 0 Å². The summed E-state index contributed by atoms with van der Waals surface area (Å²) in [6.45, 7) is 7.43. The van der Waals surface area contributed by atoms with Crippen molar-refractivity contribution in [1.29, 1.82) is 0 Å². The number of hydrogen-bond acceptors (Lipinski definition) is 4. The summed E-state index contributed by atoms with van der Waals surface area (Å²) in [7, 11) is 0. The number of amides is 1. The molecule has 0 aliphatic rings. The standard InChI is InChI=1S/C10H16N2O3/c1-7-5-9(12-15-7)14-6-8(13)11-10(2,3)4/h5H,6H2,1-4H3,(H,11,13). The predicted octanol–water partition coefficient (Wildman–Crippen LogP) is 1.28. The molecule has 1 aromatic heterocycles. The highest BCUT2D eigenvalue weighted by atomic mass is 16.5. The Hall–Kier alpha value is -1.52. The van der Waals surface area contributed by atoms with E-state index in [1.807, 2.05) is 20.8 Å². The van der Waals surface area contributed by atoms with E-state index in [0.29, 0.717) is 11.6 Å². The van der Waals surface area contributed by atoms with E-state index < -0.39 is 0 Å². The quantitative estimate of drug-likeness (QED) is 0.819. The van der Waals surface area contributed by atoms with Gasteiger partial charge in [-0.25, -0.2) is 0 Å². The van der Waals surface area contributed by atoms with Gasteiger partial charge in [0.2, 0.25) is 0 Å². The summed E-state index contributed by atoms with van der Waals surface area (Å²) in [5.41, 5.74) is -0.250. The van der Waals surface area contributed by atoms with E-state index in [2.05, 4.69) is 10.5 Å². The molecule has 0 unspecified atom stereocenters. The van der Waals surface area contributed by atoms with Gasteiger partial charge in [0.25, 0.3) is 11.8 Å². The van der Waals surface area contributed by atoms with Crippen LogP contribution in [-0.4, -0.2) is 23.2 Å². The fourth-order valence-electron chi connectivity index (χ4n) is 1.01. The number of ether oxygens (including phenoxy) is 1. The third-order valence-electron chi connectivity index (χ3n) is 1.47. The molecular weight excluding hydrogens is 196 g/mol. The molecule has 1 amide bonds. The number of aryl methyl sites for hydroxylation is 1. The maximum absolute atomic E-state index is 11.3. The molecule has 0 spiro atoms. The van der Waals surface area contributed by atoms with Crippen LogP contribution in [0.5, 0.6) is 5.88 Å². The Labute approximate surface area is 88.8 Å². The Morgan fingerprint density at radius 3 is 2.73 bits per heavy atom. The topological polar surface area (TPSA) is 64.4 Å². The van der Waals surface area contributed by atoms with Crippen LogP contribution in [0.2, 0.25) is 0 Å². The monoisotopic (exact) mass is 212 g/mol. The molecule has 0 aliphatic heterocycles. The van der Waals surface area contributed by atoms with Gasteiger partial charge in [0, 0.05) is 11.6 Å². The van der Waals surface area contributed by atoms with Crippen LogP contribution >= 0.6 is 0 Å². The lowest BCUT2D eigenvalue weighted by Gasteiger charge is -2.20. The van der Waals surface area contributed by atoms with E-state index in [1.165, 1.54) is 0 Å². The molecule has 1 N–H and O–H groups in total. The van der Waals surface area contributed by atoms with E-state index in [1.54, 1.807) is 13.0 Å². The van der Waals surface area contributed by atoms with Crippen molar-refractivity contribution in [2.24, 2.45) is 0 Å². The minimum atomic E-state index is -0.250. The van der Waals surface area contributed by atoms with Crippen molar-refractivity contribution in [3.05, 3.63) is 11.8 Å². The van der Waals surface area contributed by atoms with Gasteiger partial charge in [-0.1, -0.05) is 0 Å². The van der Waals surface area contributed by atoms with Crippen LogP contribution in [0.3, 0.4) is 0 Å². The van der Waals surface area contributed by atoms with Crippen molar-refractivity contribution in [3.8, 4) is 5.88 Å². The number of carbonyl (C=O) groups excluding carboxylic acids is 1. The van der Waals surface area contributed by atoms with Gasteiger partial charge in [-0.2, -0.15) is 0 Å². The summed E-state index contributed by atoms with van der Waals surface area (Å²) in [5.74, 6) is 0.806. The summed E-state index contributed by atoms with van der Waals surface area (Å²) in [6.07, 6.45) is 0. The molecular formula is C10H16N2O3. The summed E-state index contributed by atoms with van der Waals surface area (Å²) in [6, 6.07) is 1.63. The molecule has 15 heavy (non-hydrogen) atoms. The summed E-state index contributed by atoms with van der Waals surface area (Å²) in [5, 5.41) is 6.38. The predicted molar refractivity (Wildman–Crippen MR) is 54.6 cm³/mol. The first-order valence-corrected chi connectivity index (χ1v) is 4.74. The summed E-state index contributed by atoms with van der Waals surface area (Å²) < 4.78 is 9.91. The van der Waals surface area contributed by atoms with Crippen LogP contribution < -0.4 is 10.1 Å². The van der Waals surface area contributed by atoms with E-state index in [4.69, 9.17) is 9.26 Å². The molecule has 1 rings (SSSR count). The maximum Gasteiger partial charge on any atom is 0.258 e. The molecule has 1 aromatic rings. The SMILES string of the molecule is Cc1cc(OCC(=O)NC(C)(C)C)no1. The lowest BCUT2D eigenvalue weighted by Crippen LogP contribution is -2.43. The van der Waals surface area contributed by atoms with Gasteiger partial charge in [-0.3, -0.25) is 4.79 Å². The van der Waals surface area contributed by atoms with Crippen molar-refractivity contribution in [1.82, 2.24) is 10.5 Å². The third-order valence-corrected chi connectivity index (χ3v) is 1.47. The number of aromatic nitrogens is 1. The van der Waals surface area contributed by atoms with Gasteiger partial charge in [-0.15, -0.1) is 0 Å². The van der Waals surface area contributed by atoms with Crippen molar-refractivity contribution in [3.63, 3.8) is 0 Å². The zero-order chi connectivity index (χ0) is 11.5. The summed E-state index contributed by atoms with van der Waals surface area (Å²) in [4.78, 5) is 11.3. The van der Waals surface area contributed by atoms with Crippen molar-refractivity contribution in [2.75, 3.05) is 6.61 Å². The first-order valence-electron chi connectivity index (χ1n) is 4.74. The van der Waals surface area contributed by atoms with Gasteiger partial charge in [0.05, 0.1) is 0 Å². The van der Waals surface area contributed by atoms with Crippen LogP contribution in [0.1, 0.15) is 26.5 Å². The molecule has 0 radical (unpaired) electrons. The number of nitrogens with zero attached hydrogens (tertiary/aromatic N) is 1. The maximum atomic E-state index is 11.3. The van der Waals surface area contributed by atoms with Gasteiger partial charge < -0.3 is 14.6 Å². The van der Waals surface area contributed by atoms with Gasteiger partial charge in [0.15, 0.2) is 6.61 Å². The second kappa shape index (κ2) is 4.33.